The van der Waals surface area contributed by atoms with E-state index in [1.54, 1.807) is 12.1 Å². The third-order valence-corrected chi connectivity index (χ3v) is 4.89. The molecule has 14 nitrogen and oxygen atoms in total. The lowest BCUT2D eigenvalue weighted by molar-refractivity contribution is -0.395. The third kappa shape index (κ3) is 5.42. The molecule has 1 saturated heterocycles. The van der Waals surface area contributed by atoms with Gasteiger partial charge < -0.3 is 19.7 Å². The Morgan fingerprint density at radius 1 is 1.00 bits per heavy atom. The van der Waals surface area contributed by atoms with Crippen molar-refractivity contribution in [2.24, 2.45) is 0 Å². The molecule has 1 N–H and O–H groups in total. The number of carbonyl (C=O) groups is 1. The number of anilines is 2. The largest absolute Gasteiger partial charge is 0.485 e. The zero-order chi connectivity index (χ0) is 24.8. The Morgan fingerprint density at radius 2 is 1.59 bits per heavy atom. The van der Waals surface area contributed by atoms with Crippen LogP contribution in [0.1, 0.15) is 5.56 Å². The van der Waals surface area contributed by atoms with Crippen molar-refractivity contribution in [2.45, 2.75) is 0 Å². The molecule has 0 spiro atoms. The molecule has 1 aliphatic heterocycles. The molecule has 0 unspecified atom stereocenters. The number of nitrogens with zero attached hydrogens (tertiary/aromatic N) is 4. The van der Waals surface area contributed by atoms with E-state index >= 15 is 0 Å². The monoisotopic (exact) mass is 473 g/mol. The number of amides is 1. The number of carbonyl (C=O) groups excluding carboxylic acids is 1. The number of benzene rings is 2. The Hall–Kier alpha value is -4.59. The van der Waals surface area contributed by atoms with Gasteiger partial charge in [-0.25, -0.2) is 0 Å². The van der Waals surface area contributed by atoms with Crippen LogP contribution in [0.2, 0.25) is 0 Å². The molecule has 34 heavy (non-hydrogen) atoms. The summed E-state index contributed by atoms with van der Waals surface area (Å²) in [5.74, 6) is -1.30. The third-order valence-electron chi connectivity index (χ3n) is 4.89. The van der Waals surface area contributed by atoms with Crippen LogP contribution in [0, 0.1) is 30.3 Å². The van der Waals surface area contributed by atoms with Gasteiger partial charge in [-0.3, -0.25) is 35.1 Å². The highest BCUT2D eigenvalue weighted by molar-refractivity contribution is 6.02. The van der Waals surface area contributed by atoms with Crippen LogP contribution in [0.25, 0.3) is 6.08 Å². The van der Waals surface area contributed by atoms with Crippen molar-refractivity contribution in [1.82, 2.24) is 0 Å². The van der Waals surface area contributed by atoms with Crippen molar-refractivity contribution in [3.8, 4) is 5.75 Å². The summed E-state index contributed by atoms with van der Waals surface area (Å²) in [4.78, 5) is 45.9. The predicted octanol–water partition coefficient (Wildman–Crippen LogP) is 2.91. The quantitative estimate of drug-likeness (QED) is 0.340. The fourth-order valence-corrected chi connectivity index (χ4v) is 3.37. The van der Waals surface area contributed by atoms with Crippen LogP contribution in [0.5, 0.6) is 5.75 Å². The maximum Gasteiger partial charge on any atom is 0.320 e. The average Bonchev–Trinajstić information content (AvgIpc) is 2.82. The van der Waals surface area contributed by atoms with Gasteiger partial charge in [0, 0.05) is 37.4 Å². The van der Waals surface area contributed by atoms with Gasteiger partial charge in [0.25, 0.3) is 11.4 Å². The first kappa shape index (κ1) is 24.1. The van der Waals surface area contributed by atoms with E-state index in [1.807, 2.05) is 4.90 Å². The number of hydrogen-bond acceptors (Lipinski definition) is 10. The lowest BCUT2D eigenvalue weighted by Crippen LogP contribution is -2.36. The highest BCUT2D eigenvalue weighted by Gasteiger charge is 2.28. The van der Waals surface area contributed by atoms with Crippen LogP contribution < -0.4 is 15.0 Å². The van der Waals surface area contributed by atoms with Gasteiger partial charge >= 0.3 is 11.4 Å². The van der Waals surface area contributed by atoms with Crippen molar-refractivity contribution in [1.29, 1.82) is 0 Å². The van der Waals surface area contributed by atoms with E-state index < -0.39 is 37.8 Å². The summed E-state index contributed by atoms with van der Waals surface area (Å²) in [5, 5.41) is 36.3. The van der Waals surface area contributed by atoms with E-state index in [-0.39, 0.29) is 11.4 Å². The number of nitro groups is 3. The van der Waals surface area contributed by atoms with Crippen molar-refractivity contribution < 1.29 is 29.0 Å². The summed E-state index contributed by atoms with van der Waals surface area (Å²) in [5.41, 5.74) is -0.901. The lowest BCUT2D eigenvalue weighted by Gasteiger charge is -2.28. The Kier molecular flexibility index (Phi) is 7.33. The van der Waals surface area contributed by atoms with Crippen LogP contribution in [0.15, 0.2) is 36.4 Å². The van der Waals surface area contributed by atoms with Crippen LogP contribution in [-0.2, 0) is 9.53 Å². The van der Waals surface area contributed by atoms with Crippen molar-refractivity contribution in [3.63, 3.8) is 0 Å². The lowest BCUT2D eigenvalue weighted by atomic mass is 10.1. The fourth-order valence-electron chi connectivity index (χ4n) is 3.37. The number of methoxy groups -OCH3 is 1. The molecule has 0 aliphatic carbocycles. The Bertz CT molecular complexity index is 1140. The molecule has 0 atom stereocenters. The minimum Gasteiger partial charge on any atom is -0.485 e. The van der Waals surface area contributed by atoms with Crippen LogP contribution in [-0.4, -0.2) is 54.1 Å². The minimum atomic E-state index is -0.869. The molecule has 1 fully saturated rings. The van der Waals surface area contributed by atoms with E-state index in [2.05, 4.69) is 5.32 Å². The topological polar surface area (TPSA) is 180 Å². The van der Waals surface area contributed by atoms with Crippen LogP contribution >= 0.6 is 0 Å². The number of nitro benzene ring substituents is 3. The minimum absolute atomic E-state index is 0.133. The molecule has 2 aromatic carbocycles. The van der Waals surface area contributed by atoms with Crippen molar-refractivity contribution in [2.75, 3.05) is 43.6 Å². The van der Waals surface area contributed by atoms with Crippen LogP contribution in [0.3, 0.4) is 0 Å². The first-order chi connectivity index (χ1) is 16.2. The zero-order valence-electron chi connectivity index (χ0n) is 17.8. The van der Waals surface area contributed by atoms with Gasteiger partial charge in [-0.1, -0.05) is 6.07 Å². The molecular formula is C20H19N5O9. The molecule has 0 bridgehead atoms. The summed E-state index contributed by atoms with van der Waals surface area (Å²) in [6, 6.07) is 6.36. The normalized spacial score (nSPS) is 13.5. The second-order valence-electron chi connectivity index (χ2n) is 6.99. The van der Waals surface area contributed by atoms with Gasteiger partial charge in [0.05, 0.1) is 40.8 Å². The number of nitrogens with one attached hydrogen (secondary N) is 1. The van der Waals surface area contributed by atoms with E-state index in [0.29, 0.717) is 37.6 Å². The van der Waals surface area contributed by atoms with Gasteiger partial charge in [0.1, 0.15) is 5.69 Å². The molecule has 0 radical (unpaired) electrons. The number of morpholine rings is 1. The standard InChI is InChI=1S/C20H19N5O9/c1-33-20-17(24(29)30)11-14(12-18(20)25(31)32)21-19(26)5-3-13-2-4-15(16(10-13)23(27)28)22-6-8-34-9-7-22/h2-5,10-12H,6-9H2,1H3,(H,21,26)/b5-3+. The summed E-state index contributed by atoms with van der Waals surface area (Å²) in [6.07, 6.45) is 2.37. The van der Waals surface area contributed by atoms with Gasteiger partial charge in [-0.2, -0.15) is 0 Å². The molecule has 178 valence electrons. The zero-order valence-corrected chi connectivity index (χ0v) is 17.8. The first-order valence-corrected chi connectivity index (χ1v) is 9.82. The molecule has 1 aliphatic rings. The molecule has 2 aromatic rings. The molecule has 0 aromatic heterocycles. The predicted molar refractivity (Wildman–Crippen MR) is 120 cm³/mol. The smallest absolute Gasteiger partial charge is 0.320 e. The fraction of sp³-hybridized carbons (Fsp3) is 0.250. The van der Waals surface area contributed by atoms with E-state index in [9.17, 15) is 35.1 Å². The van der Waals surface area contributed by atoms with Crippen molar-refractivity contribution >= 4 is 40.4 Å². The number of rotatable bonds is 8. The summed E-state index contributed by atoms with van der Waals surface area (Å²) in [7, 11) is 1.06. The van der Waals surface area contributed by atoms with E-state index in [1.165, 1.54) is 12.1 Å². The number of hydrogen-bond donors (Lipinski definition) is 1. The van der Waals surface area contributed by atoms with E-state index in [0.717, 1.165) is 25.3 Å². The van der Waals surface area contributed by atoms with E-state index in [4.69, 9.17) is 9.47 Å². The highest BCUT2D eigenvalue weighted by Crippen LogP contribution is 2.39. The number of ether oxygens (including phenoxy) is 2. The maximum absolute atomic E-state index is 12.3. The molecule has 0 saturated carbocycles. The van der Waals surface area contributed by atoms with Gasteiger partial charge in [-0.05, 0) is 17.7 Å². The van der Waals surface area contributed by atoms with Crippen molar-refractivity contribution in [3.05, 3.63) is 72.3 Å². The van der Waals surface area contributed by atoms with Gasteiger partial charge in [0.2, 0.25) is 5.91 Å². The Morgan fingerprint density at radius 3 is 2.12 bits per heavy atom. The first-order valence-electron chi connectivity index (χ1n) is 9.82. The van der Waals surface area contributed by atoms with Gasteiger partial charge in [0.15, 0.2) is 0 Å². The SMILES string of the molecule is COc1c([N+](=O)[O-])cc(NC(=O)/C=C/c2ccc(N3CCOCC3)c([N+](=O)[O-])c2)cc1[N+](=O)[O-]. The second-order valence-corrected chi connectivity index (χ2v) is 6.99. The second kappa shape index (κ2) is 10.4. The molecule has 1 heterocycles. The van der Waals surface area contributed by atoms with Crippen LogP contribution in [0.4, 0.5) is 28.4 Å². The summed E-state index contributed by atoms with van der Waals surface area (Å²) >= 11 is 0. The highest BCUT2D eigenvalue weighted by atomic mass is 16.6. The summed E-state index contributed by atoms with van der Waals surface area (Å²) in [6.45, 7) is 1.94. The molecular weight excluding hydrogens is 454 g/mol. The molecule has 1 amide bonds. The molecule has 3 rings (SSSR count). The molecule has 14 heteroatoms. The summed E-state index contributed by atoms with van der Waals surface area (Å²) < 4.78 is 10.0. The maximum atomic E-state index is 12.3. The Balaban J connectivity index is 1.82. The average molecular weight is 473 g/mol. The van der Waals surface area contributed by atoms with Gasteiger partial charge in [-0.15, -0.1) is 0 Å². The Labute approximate surface area is 191 Å².